The molecule has 8 nitrogen and oxygen atoms in total. The lowest BCUT2D eigenvalue weighted by Gasteiger charge is -2.10. The summed E-state index contributed by atoms with van der Waals surface area (Å²) in [6.07, 6.45) is 4.42. The van der Waals surface area contributed by atoms with Crippen molar-refractivity contribution in [3.8, 4) is 11.5 Å². The Balaban J connectivity index is 0.000000211. The minimum Gasteiger partial charge on any atom is -0.497 e. The van der Waals surface area contributed by atoms with Crippen LogP contribution in [0, 0.1) is 13.8 Å². The highest BCUT2D eigenvalue weighted by atomic mass is 35.5. The van der Waals surface area contributed by atoms with Crippen LogP contribution in [0.15, 0.2) is 73.2 Å². The summed E-state index contributed by atoms with van der Waals surface area (Å²) >= 11 is 11.6. The Morgan fingerprint density at radius 3 is 1.82 bits per heavy atom. The zero-order valence-corrected chi connectivity index (χ0v) is 22.7. The van der Waals surface area contributed by atoms with Crippen LogP contribution in [0.4, 0.5) is 11.4 Å². The number of hydrogen-bond acceptors (Lipinski definition) is 6. The molecular formula is C28H26Cl2N4O4. The van der Waals surface area contributed by atoms with Gasteiger partial charge in [-0.05, 0) is 79.6 Å². The van der Waals surface area contributed by atoms with Gasteiger partial charge in [-0.3, -0.25) is 14.6 Å². The number of rotatable bonds is 6. The van der Waals surface area contributed by atoms with E-state index in [2.05, 4.69) is 20.6 Å². The number of aryl methyl sites for hydroxylation is 2. The largest absolute Gasteiger partial charge is 0.497 e. The molecule has 2 amide bonds. The average Bonchev–Trinajstić information content (AvgIpc) is 2.91. The van der Waals surface area contributed by atoms with Crippen LogP contribution in [-0.2, 0) is 0 Å². The van der Waals surface area contributed by atoms with Gasteiger partial charge in [0.2, 0.25) is 0 Å². The minimum atomic E-state index is -0.286. The highest BCUT2D eigenvalue weighted by molar-refractivity contribution is 6.34. The third kappa shape index (κ3) is 7.68. The number of carbonyl (C=O) groups is 2. The number of ether oxygens (including phenoxy) is 2. The Morgan fingerprint density at radius 2 is 1.34 bits per heavy atom. The fraction of sp³-hybridized carbons (Fsp3) is 0.143. The quantitative estimate of drug-likeness (QED) is 0.261. The number of pyridine rings is 2. The second-order valence-corrected chi connectivity index (χ2v) is 8.79. The van der Waals surface area contributed by atoms with Crippen molar-refractivity contribution in [2.75, 3.05) is 24.9 Å². The van der Waals surface area contributed by atoms with Gasteiger partial charge in [-0.1, -0.05) is 23.2 Å². The summed E-state index contributed by atoms with van der Waals surface area (Å²) in [5.41, 5.74) is 4.09. The third-order valence-electron chi connectivity index (χ3n) is 5.37. The average molecular weight is 553 g/mol. The monoisotopic (exact) mass is 552 g/mol. The first-order chi connectivity index (χ1) is 18.2. The molecule has 38 heavy (non-hydrogen) atoms. The fourth-order valence-electron chi connectivity index (χ4n) is 3.25. The number of halogens is 2. The molecule has 2 heterocycles. The van der Waals surface area contributed by atoms with Gasteiger partial charge >= 0.3 is 0 Å². The fourth-order valence-corrected chi connectivity index (χ4v) is 3.55. The van der Waals surface area contributed by atoms with Gasteiger partial charge in [-0.25, -0.2) is 4.98 Å². The Morgan fingerprint density at radius 1 is 0.763 bits per heavy atom. The molecular weight excluding hydrogens is 527 g/mol. The van der Waals surface area contributed by atoms with Gasteiger partial charge in [0.1, 0.15) is 16.7 Å². The molecule has 0 fully saturated rings. The van der Waals surface area contributed by atoms with Crippen molar-refractivity contribution in [1.29, 1.82) is 0 Å². The minimum absolute atomic E-state index is 0.225. The number of methoxy groups -OCH3 is 2. The van der Waals surface area contributed by atoms with Crippen molar-refractivity contribution in [3.05, 3.63) is 106 Å². The lowest BCUT2D eigenvalue weighted by molar-refractivity contribution is 0.101. The SMILES string of the molecule is COc1ccc(NC(=O)c2ccc(Cl)nc2)c(C)c1.COc1ccc(NC(=O)c2cnccc2Cl)c(C)c1. The summed E-state index contributed by atoms with van der Waals surface area (Å²) in [5.74, 6) is 0.988. The van der Waals surface area contributed by atoms with E-state index in [1.807, 2.05) is 26.0 Å². The standard InChI is InChI=1S/2C14H13ClN2O2/c1-9-7-11(19-2)4-5-12(9)17-14(18)10-3-6-13(15)16-8-10;1-9-7-10(19-2)3-4-13(9)17-14(18)11-8-16-6-5-12(11)15/h2*3-8H,1-2H3,(H,17,18). The third-order valence-corrected chi connectivity index (χ3v) is 5.92. The Bertz CT molecular complexity index is 1430. The lowest BCUT2D eigenvalue weighted by Crippen LogP contribution is -2.13. The number of carbonyl (C=O) groups excluding carboxylic acids is 2. The molecule has 196 valence electrons. The van der Waals surface area contributed by atoms with Crippen LogP contribution in [0.1, 0.15) is 31.8 Å². The van der Waals surface area contributed by atoms with E-state index in [1.54, 1.807) is 56.7 Å². The molecule has 0 aliphatic heterocycles. The number of nitrogens with zero attached hydrogens (tertiary/aromatic N) is 2. The van der Waals surface area contributed by atoms with Gasteiger partial charge < -0.3 is 20.1 Å². The first kappa shape index (κ1) is 28.4. The van der Waals surface area contributed by atoms with Gasteiger partial charge in [-0.2, -0.15) is 0 Å². The molecule has 0 bridgehead atoms. The molecule has 10 heteroatoms. The highest BCUT2D eigenvalue weighted by Gasteiger charge is 2.12. The Hall–Kier alpha value is -4.14. The maximum atomic E-state index is 12.1. The zero-order chi connectivity index (χ0) is 27.7. The molecule has 0 saturated carbocycles. The molecule has 2 N–H and O–H groups in total. The number of benzene rings is 2. The molecule has 4 rings (SSSR count). The van der Waals surface area contributed by atoms with Gasteiger partial charge in [-0.15, -0.1) is 0 Å². The van der Waals surface area contributed by atoms with Gasteiger partial charge in [0, 0.05) is 30.0 Å². The first-order valence-electron chi connectivity index (χ1n) is 11.3. The van der Waals surface area contributed by atoms with E-state index >= 15 is 0 Å². The topological polar surface area (TPSA) is 102 Å². The molecule has 0 spiro atoms. The van der Waals surface area contributed by atoms with Gasteiger partial charge in [0.15, 0.2) is 0 Å². The predicted octanol–water partition coefficient (Wildman–Crippen LogP) is 6.61. The van der Waals surface area contributed by atoms with Crippen molar-refractivity contribution >= 4 is 46.4 Å². The Labute approximate surface area is 230 Å². The first-order valence-corrected chi connectivity index (χ1v) is 12.1. The van der Waals surface area contributed by atoms with Crippen LogP contribution in [0.3, 0.4) is 0 Å². The van der Waals surface area contributed by atoms with E-state index in [-0.39, 0.29) is 11.8 Å². The molecule has 2 aromatic heterocycles. The number of aromatic nitrogens is 2. The molecule has 4 aromatic rings. The van der Waals surface area contributed by atoms with E-state index in [1.165, 1.54) is 18.6 Å². The van der Waals surface area contributed by atoms with Crippen molar-refractivity contribution in [2.45, 2.75) is 13.8 Å². The highest BCUT2D eigenvalue weighted by Crippen LogP contribution is 2.23. The van der Waals surface area contributed by atoms with E-state index in [4.69, 9.17) is 32.7 Å². The maximum absolute atomic E-state index is 12.1. The number of anilines is 2. The van der Waals surface area contributed by atoms with Crippen LogP contribution in [0.25, 0.3) is 0 Å². The van der Waals surface area contributed by atoms with Crippen LogP contribution >= 0.6 is 23.2 Å². The van der Waals surface area contributed by atoms with Crippen LogP contribution in [0.5, 0.6) is 11.5 Å². The normalized spacial score (nSPS) is 10.1. The number of amides is 2. The predicted molar refractivity (Wildman–Crippen MR) is 150 cm³/mol. The summed E-state index contributed by atoms with van der Waals surface area (Å²) in [7, 11) is 3.20. The molecule has 0 atom stereocenters. The maximum Gasteiger partial charge on any atom is 0.258 e. The second kappa shape index (κ2) is 13.4. The van der Waals surface area contributed by atoms with E-state index in [0.29, 0.717) is 27.0 Å². The van der Waals surface area contributed by atoms with Gasteiger partial charge in [0.25, 0.3) is 11.8 Å². The molecule has 0 aliphatic carbocycles. The van der Waals surface area contributed by atoms with E-state index in [0.717, 1.165) is 28.3 Å². The van der Waals surface area contributed by atoms with Crippen molar-refractivity contribution in [1.82, 2.24) is 9.97 Å². The summed E-state index contributed by atoms with van der Waals surface area (Å²) in [6, 6.07) is 15.7. The van der Waals surface area contributed by atoms with E-state index in [9.17, 15) is 9.59 Å². The number of hydrogen-bond donors (Lipinski definition) is 2. The van der Waals surface area contributed by atoms with Crippen LogP contribution < -0.4 is 20.1 Å². The molecule has 0 radical (unpaired) electrons. The molecule has 0 saturated heterocycles. The van der Waals surface area contributed by atoms with Crippen LogP contribution in [0.2, 0.25) is 10.2 Å². The van der Waals surface area contributed by atoms with Crippen molar-refractivity contribution in [3.63, 3.8) is 0 Å². The van der Waals surface area contributed by atoms with Crippen molar-refractivity contribution < 1.29 is 19.1 Å². The number of nitrogens with one attached hydrogen (secondary N) is 2. The molecule has 2 aromatic carbocycles. The van der Waals surface area contributed by atoms with Gasteiger partial charge in [0.05, 0.1) is 30.4 Å². The Kier molecular flexibility index (Phi) is 10.0. The smallest absolute Gasteiger partial charge is 0.258 e. The summed E-state index contributed by atoms with van der Waals surface area (Å²) < 4.78 is 10.2. The summed E-state index contributed by atoms with van der Waals surface area (Å²) in [6.45, 7) is 3.79. The molecule has 0 unspecified atom stereocenters. The zero-order valence-electron chi connectivity index (χ0n) is 21.2. The van der Waals surface area contributed by atoms with Crippen LogP contribution in [-0.4, -0.2) is 36.0 Å². The van der Waals surface area contributed by atoms with E-state index < -0.39 is 0 Å². The second-order valence-electron chi connectivity index (χ2n) is 8.00. The lowest BCUT2D eigenvalue weighted by atomic mass is 10.1. The summed E-state index contributed by atoms with van der Waals surface area (Å²) in [4.78, 5) is 31.9. The molecule has 0 aliphatic rings. The van der Waals surface area contributed by atoms with Crippen molar-refractivity contribution in [2.24, 2.45) is 0 Å². The summed E-state index contributed by atoms with van der Waals surface area (Å²) in [5, 5.41) is 6.35.